The van der Waals surface area contributed by atoms with E-state index in [9.17, 15) is 0 Å². The third-order valence-electron chi connectivity index (χ3n) is 2.43. The molecule has 0 bridgehead atoms. The smallest absolute Gasteiger partial charge is 0.0790 e. The SMILES string of the molecule is C/C=C(\C)[C@@H]1CCC(C)(C)O1. The molecule has 11 heavy (non-hydrogen) atoms. The Kier molecular flexibility index (Phi) is 2.38. The first-order chi connectivity index (χ1) is 5.05. The summed E-state index contributed by atoms with van der Waals surface area (Å²) in [5.41, 5.74) is 1.48. The van der Waals surface area contributed by atoms with Gasteiger partial charge in [0.2, 0.25) is 0 Å². The van der Waals surface area contributed by atoms with Gasteiger partial charge < -0.3 is 4.74 Å². The minimum Gasteiger partial charge on any atom is -0.368 e. The van der Waals surface area contributed by atoms with Gasteiger partial charge in [0, 0.05) is 0 Å². The first kappa shape index (κ1) is 8.79. The zero-order chi connectivity index (χ0) is 8.48. The van der Waals surface area contributed by atoms with Crippen molar-refractivity contribution in [3.05, 3.63) is 11.6 Å². The summed E-state index contributed by atoms with van der Waals surface area (Å²) >= 11 is 0. The summed E-state index contributed by atoms with van der Waals surface area (Å²) in [5.74, 6) is 0. The lowest BCUT2D eigenvalue weighted by Crippen LogP contribution is -2.20. The van der Waals surface area contributed by atoms with Gasteiger partial charge in [-0.25, -0.2) is 0 Å². The molecule has 0 spiro atoms. The van der Waals surface area contributed by atoms with Crippen LogP contribution in [0.2, 0.25) is 0 Å². The summed E-state index contributed by atoms with van der Waals surface area (Å²) in [4.78, 5) is 0. The van der Waals surface area contributed by atoms with Crippen LogP contribution in [0.4, 0.5) is 0 Å². The fraction of sp³-hybridized carbons (Fsp3) is 0.800. The first-order valence-electron chi connectivity index (χ1n) is 4.36. The van der Waals surface area contributed by atoms with E-state index in [4.69, 9.17) is 4.74 Å². The highest BCUT2D eigenvalue weighted by Crippen LogP contribution is 2.32. The molecule has 0 amide bonds. The Balaban J connectivity index is 2.55. The minimum atomic E-state index is 0.106. The highest BCUT2D eigenvalue weighted by Gasteiger charge is 2.31. The van der Waals surface area contributed by atoms with Gasteiger partial charge >= 0.3 is 0 Å². The zero-order valence-electron chi connectivity index (χ0n) is 7.98. The second-order valence-corrected chi connectivity index (χ2v) is 3.94. The normalized spacial score (nSPS) is 30.9. The molecule has 0 aliphatic carbocycles. The number of hydrogen-bond donors (Lipinski definition) is 0. The lowest BCUT2D eigenvalue weighted by molar-refractivity contribution is 0.000500. The maximum absolute atomic E-state index is 5.83. The van der Waals surface area contributed by atoms with Gasteiger partial charge in [0.15, 0.2) is 0 Å². The first-order valence-corrected chi connectivity index (χ1v) is 4.36. The highest BCUT2D eigenvalue weighted by atomic mass is 16.5. The van der Waals surface area contributed by atoms with Crippen LogP contribution in [0.5, 0.6) is 0 Å². The van der Waals surface area contributed by atoms with Crippen molar-refractivity contribution >= 4 is 0 Å². The number of hydrogen-bond acceptors (Lipinski definition) is 1. The molecule has 1 nitrogen and oxygen atoms in total. The second-order valence-electron chi connectivity index (χ2n) is 3.94. The van der Waals surface area contributed by atoms with Crippen LogP contribution in [0.15, 0.2) is 11.6 Å². The lowest BCUT2D eigenvalue weighted by atomic mass is 10.0. The Hall–Kier alpha value is -0.300. The molecule has 1 heteroatoms. The summed E-state index contributed by atoms with van der Waals surface area (Å²) in [5, 5.41) is 0. The summed E-state index contributed by atoms with van der Waals surface area (Å²) in [6.45, 7) is 8.54. The van der Waals surface area contributed by atoms with E-state index >= 15 is 0 Å². The Morgan fingerprint density at radius 1 is 1.55 bits per heavy atom. The van der Waals surface area contributed by atoms with Gasteiger partial charge in [-0.05, 0) is 46.1 Å². The van der Waals surface area contributed by atoms with E-state index in [1.807, 2.05) is 0 Å². The van der Waals surface area contributed by atoms with Gasteiger partial charge in [-0.2, -0.15) is 0 Å². The van der Waals surface area contributed by atoms with Crippen LogP contribution in [0.1, 0.15) is 40.5 Å². The van der Waals surface area contributed by atoms with E-state index in [-0.39, 0.29) is 5.60 Å². The van der Waals surface area contributed by atoms with Gasteiger partial charge in [0.25, 0.3) is 0 Å². The molecule has 1 aliphatic heterocycles. The van der Waals surface area contributed by atoms with E-state index in [2.05, 4.69) is 33.8 Å². The van der Waals surface area contributed by atoms with E-state index in [1.165, 1.54) is 18.4 Å². The molecular weight excluding hydrogens is 136 g/mol. The highest BCUT2D eigenvalue weighted by molar-refractivity contribution is 5.06. The predicted molar refractivity (Wildman–Crippen MR) is 47.6 cm³/mol. The minimum absolute atomic E-state index is 0.106. The molecule has 1 rings (SSSR count). The third-order valence-corrected chi connectivity index (χ3v) is 2.43. The molecule has 1 atom stereocenters. The predicted octanol–water partition coefficient (Wildman–Crippen LogP) is 2.91. The number of ether oxygens (including phenoxy) is 1. The van der Waals surface area contributed by atoms with Crippen LogP contribution >= 0.6 is 0 Å². The molecule has 1 heterocycles. The Bertz CT molecular complexity index is 168. The summed E-state index contributed by atoms with van der Waals surface area (Å²) in [7, 11) is 0. The van der Waals surface area contributed by atoms with Crippen molar-refractivity contribution in [2.24, 2.45) is 0 Å². The van der Waals surface area contributed by atoms with Crippen molar-refractivity contribution < 1.29 is 4.74 Å². The number of allylic oxidation sites excluding steroid dienone is 1. The maximum atomic E-state index is 5.83. The van der Waals surface area contributed by atoms with Crippen LogP contribution in [0, 0.1) is 0 Å². The van der Waals surface area contributed by atoms with Crippen molar-refractivity contribution in [3.8, 4) is 0 Å². The molecule has 1 aliphatic rings. The molecule has 0 saturated carbocycles. The standard InChI is InChI=1S/C10H18O/c1-5-8(2)9-6-7-10(3,4)11-9/h5,9H,6-7H2,1-4H3/b8-5+/t9-/m0/s1. The zero-order valence-corrected chi connectivity index (χ0v) is 7.98. The Morgan fingerprint density at radius 2 is 2.18 bits per heavy atom. The fourth-order valence-electron chi connectivity index (χ4n) is 1.49. The molecule has 64 valence electrons. The van der Waals surface area contributed by atoms with Crippen LogP contribution in [0.3, 0.4) is 0 Å². The molecule has 0 aromatic heterocycles. The summed E-state index contributed by atoms with van der Waals surface area (Å²) < 4.78 is 5.83. The molecule has 0 aromatic carbocycles. The van der Waals surface area contributed by atoms with Crippen molar-refractivity contribution in [2.45, 2.75) is 52.2 Å². The van der Waals surface area contributed by atoms with Crippen molar-refractivity contribution in [1.82, 2.24) is 0 Å². The molecule has 1 fully saturated rings. The number of rotatable bonds is 1. The average Bonchev–Trinajstić information content (AvgIpc) is 2.29. The molecular formula is C10H18O. The van der Waals surface area contributed by atoms with Gasteiger partial charge in [0.05, 0.1) is 11.7 Å². The largest absolute Gasteiger partial charge is 0.368 e. The molecule has 0 unspecified atom stereocenters. The monoisotopic (exact) mass is 154 g/mol. The average molecular weight is 154 g/mol. The van der Waals surface area contributed by atoms with Gasteiger partial charge in [-0.1, -0.05) is 6.08 Å². The van der Waals surface area contributed by atoms with Gasteiger partial charge in [-0.15, -0.1) is 0 Å². The lowest BCUT2D eigenvalue weighted by Gasteiger charge is -2.19. The van der Waals surface area contributed by atoms with Crippen molar-refractivity contribution in [1.29, 1.82) is 0 Å². The van der Waals surface area contributed by atoms with Gasteiger partial charge in [0.1, 0.15) is 0 Å². The van der Waals surface area contributed by atoms with Gasteiger partial charge in [-0.3, -0.25) is 0 Å². The third kappa shape index (κ3) is 2.06. The van der Waals surface area contributed by atoms with Crippen LogP contribution in [-0.2, 0) is 4.74 Å². The Labute approximate surface area is 69.4 Å². The van der Waals surface area contributed by atoms with Crippen molar-refractivity contribution in [3.63, 3.8) is 0 Å². The van der Waals surface area contributed by atoms with Crippen LogP contribution in [-0.4, -0.2) is 11.7 Å². The summed E-state index contributed by atoms with van der Waals surface area (Å²) in [6, 6.07) is 0. The Morgan fingerprint density at radius 3 is 2.55 bits per heavy atom. The molecule has 1 saturated heterocycles. The second kappa shape index (κ2) is 2.98. The molecule has 0 N–H and O–H groups in total. The topological polar surface area (TPSA) is 9.23 Å². The fourth-order valence-corrected chi connectivity index (χ4v) is 1.49. The van der Waals surface area contributed by atoms with Crippen molar-refractivity contribution in [2.75, 3.05) is 0 Å². The maximum Gasteiger partial charge on any atom is 0.0790 e. The van der Waals surface area contributed by atoms with Crippen LogP contribution < -0.4 is 0 Å². The van der Waals surface area contributed by atoms with E-state index in [0.717, 1.165) is 0 Å². The van der Waals surface area contributed by atoms with Crippen LogP contribution in [0.25, 0.3) is 0 Å². The van der Waals surface area contributed by atoms with E-state index in [1.54, 1.807) is 0 Å². The summed E-state index contributed by atoms with van der Waals surface area (Å²) in [6.07, 6.45) is 4.90. The molecule has 0 aromatic rings. The molecule has 0 radical (unpaired) electrons. The van der Waals surface area contributed by atoms with E-state index in [0.29, 0.717) is 6.10 Å². The quantitative estimate of drug-likeness (QED) is 0.528. The van der Waals surface area contributed by atoms with E-state index < -0.39 is 0 Å².